The van der Waals surface area contributed by atoms with Gasteiger partial charge in [-0.05, 0) is 30.7 Å². The van der Waals surface area contributed by atoms with Gasteiger partial charge in [0.2, 0.25) is 0 Å². The van der Waals surface area contributed by atoms with Gasteiger partial charge in [0.15, 0.2) is 0 Å². The van der Waals surface area contributed by atoms with Crippen LogP contribution in [0.15, 0.2) is 24.4 Å². The normalized spacial score (nSPS) is 13.4. The minimum Gasteiger partial charge on any atom is -0.369 e. The zero-order valence-electron chi connectivity index (χ0n) is 14.3. The van der Waals surface area contributed by atoms with Crippen molar-refractivity contribution in [1.29, 1.82) is 0 Å². The van der Waals surface area contributed by atoms with Crippen LogP contribution in [0.1, 0.15) is 28.5 Å². The number of pyridine rings is 1. The van der Waals surface area contributed by atoms with E-state index in [2.05, 4.69) is 20.5 Å². The van der Waals surface area contributed by atoms with E-state index in [-0.39, 0.29) is 5.91 Å². The largest absolute Gasteiger partial charge is 0.369 e. The summed E-state index contributed by atoms with van der Waals surface area (Å²) in [5, 5.41) is 11.6. The number of carbonyl (C=O) groups is 1. The molecule has 0 bridgehead atoms. The van der Waals surface area contributed by atoms with Gasteiger partial charge in [-0.1, -0.05) is 0 Å². The third kappa shape index (κ3) is 3.29. The molecule has 0 atom stereocenters. The number of hydrogen-bond donors (Lipinski definition) is 1. The molecular formula is C17H22N6O. The van der Waals surface area contributed by atoms with Crippen molar-refractivity contribution in [2.75, 3.05) is 37.4 Å². The van der Waals surface area contributed by atoms with E-state index in [4.69, 9.17) is 0 Å². The highest BCUT2D eigenvalue weighted by Crippen LogP contribution is 2.21. The molecule has 2 aromatic heterocycles. The summed E-state index contributed by atoms with van der Waals surface area (Å²) >= 11 is 0. The SMILES string of the molecule is CCNc1cc2c(nn1)CCN(C(=O)c1ccc(N(C)C)nc1)C2. The van der Waals surface area contributed by atoms with Crippen LogP contribution in [0.4, 0.5) is 11.6 Å². The van der Waals surface area contributed by atoms with E-state index in [0.29, 0.717) is 18.7 Å². The number of nitrogens with one attached hydrogen (secondary N) is 1. The molecule has 0 aliphatic carbocycles. The molecule has 126 valence electrons. The Hall–Kier alpha value is -2.70. The number of nitrogens with zero attached hydrogens (tertiary/aromatic N) is 5. The number of hydrogen-bond acceptors (Lipinski definition) is 6. The predicted octanol–water partition coefficient (Wildman–Crippen LogP) is 1.57. The summed E-state index contributed by atoms with van der Waals surface area (Å²) in [6.07, 6.45) is 2.37. The van der Waals surface area contributed by atoms with Gasteiger partial charge in [-0.25, -0.2) is 4.98 Å². The highest BCUT2D eigenvalue weighted by atomic mass is 16.2. The fourth-order valence-electron chi connectivity index (χ4n) is 2.73. The number of carbonyl (C=O) groups excluding carboxylic acids is 1. The van der Waals surface area contributed by atoms with Crippen LogP contribution in [0.25, 0.3) is 0 Å². The van der Waals surface area contributed by atoms with Crippen molar-refractivity contribution in [3.05, 3.63) is 41.2 Å². The van der Waals surface area contributed by atoms with Gasteiger partial charge in [0.25, 0.3) is 5.91 Å². The lowest BCUT2D eigenvalue weighted by Gasteiger charge is -2.28. The third-order valence-corrected chi connectivity index (χ3v) is 4.04. The van der Waals surface area contributed by atoms with Gasteiger partial charge >= 0.3 is 0 Å². The number of rotatable bonds is 4. The second-order valence-electron chi connectivity index (χ2n) is 6.01. The molecule has 0 spiro atoms. The summed E-state index contributed by atoms with van der Waals surface area (Å²) in [5.74, 6) is 1.59. The Bertz CT molecular complexity index is 728. The van der Waals surface area contributed by atoms with E-state index in [1.165, 1.54) is 0 Å². The fourth-order valence-corrected chi connectivity index (χ4v) is 2.73. The summed E-state index contributed by atoms with van der Waals surface area (Å²) in [4.78, 5) is 20.8. The van der Waals surface area contributed by atoms with Crippen molar-refractivity contribution >= 4 is 17.5 Å². The van der Waals surface area contributed by atoms with Gasteiger partial charge in [-0.15, -0.1) is 5.10 Å². The van der Waals surface area contributed by atoms with E-state index < -0.39 is 0 Å². The van der Waals surface area contributed by atoms with Crippen LogP contribution >= 0.6 is 0 Å². The Balaban J connectivity index is 1.76. The van der Waals surface area contributed by atoms with Crippen LogP contribution in [0.3, 0.4) is 0 Å². The molecule has 1 aliphatic rings. The van der Waals surface area contributed by atoms with Crippen LogP contribution in [0.5, 0.6) is 0 Å². The zero-order chi connectivity index (χ0) is 17.1. The maximum absolute atomic E-state index is 12.7. The van der Waals surface area contributed by atoms with Gasteiger partial charge in [-0.3, -0.25) is 4.79 Å². The lowest BCUT2D eigenvalue weighted by atomic mass is 10.1. The molecule has 3 rings (SSSR count). The molecule has 7 heteroatoms. The first-order valence-corrected chi connectivity index (χ1v) is 8.10. The van der Waals surface area contributed by atoms with E-state index >= 15 is 0 Å². The smallest absolute Gasteiger partial charge is 0.255 e. The average molecular weight is 326 g/mol. The fraction of sp³-hybridized carbons (Fsp3) is 0.412. The molecule has 0 radical (unpaired) electrons. The average Bonchev–Trinajstić information content (AvgIpc) is 2.61. The molecule has 1 N–H and O–H groups in total. The van der Waals surface area contributed by atoms with Gasteiger partial charge in [0.1, 0.15) is 11.6 Å². The minimum atomic E-state index is 0.000249. The maximum atomic E-state index is 12.7. The van der Waals surface area contributed by atoms with Gasteiger partial charge in [0, 0.05) is 46.3 Å². The molecule has 1 aliphatic heterocycles. The quantitative estimate of drug-likeness (QED) is 0.919. The van der Waals surface area contributed by atoms with Crippen molar-refractivity contribution in [1.82, 2.24) is 20.1 Å². The Morgan fingerprint density at radius 2 is 2.17 bits per heavy atom. The van der Waals surface area contributed by atoms with E-state index in [1.807, 2.05) is 49.0 Å². The summed E-state index contributed by atoms with van der Waals surface area (Å²) in [7, 11) is 3.85. The molecule has 7 nitrogen and oxygen atoms in total. The Morgan fingerprint density at radius 1 is 1.33 bits per heavy atom. The van der Waals surface area contributed by atoms with Gasteiger partial charge < -0.3 is 15.1 Å². The highest BCUT2D eigenvalue weighted by Gasteiger charge is 2.23. The number of amides is 1. The number of aromatic nitrogens is 3. The molecule has 0 unspecified atom stereocenters. The van der Waals surface area contributed by atoms with Crippen LogP contribution in [0.2, 0.25) is 0 Å². The first-order chi connectivity index (χ1) is 11.6. The Labute approximate surface area is 141 Å². The molecule has 0 aromatic carbocycles. The third-order valence-electron chi connectivity index (χ3n) is 4.04. The maximum Gasteiger partial charge on any atom is 0.255 e. The summed E-state index contributed by atoms with van der Waals surface area (Å²) in [6, 6.07) is 5.67. The number of fused-ring (bicyclic) bond motifs is 1. The number of anilines is 2. The van der Waals surface area contributed by atoms with E-state index in [0.717, 1.165) is 35.9 Å². The highest BCUT2D eigenvalue weighted by molar-refractivity contribution is 5.94. The lowest BCUT2D eigenvalue weighted by Crippen LogP contribution is -2.36. The minimum absolute atomic E-state index is 0.000249. The molecule has 1 amide bonds. The lowest BCUT2D eigenvalue weighted by molar-refractivity contribution is 0.0733. The monoisotopic (exact) mass is 326 g/mol. The van der Waals surface area contributed by atoms with E-state index in [1.54, 1.807) is 6.20 Å². The van der Waals surface area contributed by atoms with Crippen LogP contribution in [0, 0.1) is 0 Å². The molecule has 3 heterocycles. The first-order valence-electron chi connectivity index (χ1n) is 8.10. The van der Waals surface area contributed by atoms with Crippen LogP contribution in [-0.2, 0) is 13.0 Å². The first kappa shape index (κ1) is 16.2. The van der Waals surface area contributed by atoms with Gasteiger partial charge in [0.05, 0.1) is 11.3 Å². The van der Waals surface area contributed by atoms with Crippen molar-refractivity contribution in [3.63, 3.8) is 0 Å². The second-order valence-corrected chi connectivity index (χ2v) is 6.01. The Morgan fingerprint density at radius 3 is 2.83 bits per heavy atom. The Kier molecular flexibility index (Phi) is 4.59. The van der Waals surface area contributed by atoms with Gasteiger partial charge in [-0.2, -0.15) is 5.10 Å². The second kappa shape index (κ2) is 6.82. The van der Waals surface area contributed by atoms with Crippen molar-refractivity contribution in [3.8, 4) is 0 Å². The predicted molar refractivity (Wildman–Crippen MR) is 93.2 cm³/mol. The summed E-state index contributed by atoms with van der Waals surface area (Å²) < 4.78 is 0. The molecular weight excluding hydrogens is 304 g/mol. The van der Waals surface area contributed by atoms with E-state index in [9.17, 15) is 4.79 Å². The van der Waals surface area contributed by atoms with Crippen molar-refractivity contribution in [2.24, 2.45) is 0 Å². The molecule has 0 saturated carbocycles. The zero-order valence-corrected chi connectivity index (χ0v) is 14.3. The molecule has 2 aromatic rings. The van der Waals surface area contributed by atoms with Crippen LogP contribution < -0.4 is 10.2 Å². The molecule has 0 fully saturated rings. The summed E-state index contributed by atoms with van der Waals surface area (Å²) in [5.41, 5.74) is 2.64. The van der Waals surface area contributed by atoms with Crippen molar-refractivity contribution < 1.29 is 4.79 Å². The molecule has 0 saturated heterocycles. The molecule has 24 heavy (non-hydrogen) atoms. The van der Waals surface area contributed by atoms with Crippen molar-refractivity contribution in [2.45, 2.75) is 19.9 Å². The standard InChI is InChI=1S/C17H22N6O/c1-4-18-15-9-13-11-23(8-7-14(13)20-21-15)17(24)12-5-6-16(19-10-12)22(2)3/h5-6,9-10H,4,7-8,11H2,1-3H3,(H,18,21). The topological polar surface area (TPSA) is 74.2 Å². The van der Waals surface area contributed by atoms with Crippen LogP contribution in [-0.4, -0.2) is 53.2 Å². The summed E-state index contributed by atoms with van der Waals surface area (Å²) in [6.45, 7) is 4.01.